The molecule has 148 valence electrons. The Labute approximate surface area is 165 Å². The molecule has 0 N–H and O–H groups in total. The molecular weight excluding hydrogens is 352 g/mol. The van der Waals surface area contributed by atoms with Crippen LogP contribution in [0.15, 0.2) is 51.2 Å². The summed E-state index contributed by atoms with van der Waals surface area (Å²) in [4.78, 5) is 24.0. The minimum atomic E-state index is -0.361. The third-order valence-electron chi connectivity index (χ3n) is 7.31. The van der Waals surface area contributed by atoms with E-state index in [2.05, 4.69) is 33.8 Å². The van der Waals surface area contributed by atoms with Crippen molar-refractivity contribution < 1.29 is 13.9 Å². The van der Waals surface area contributed by atoms with Gasteiger partial charge in [-0.15, -0.1) is 0 Å². The van der Waals surface area contributed by atoms with Gasteiger partial charge in [0.25, 0.3) is 0 Å². The highest BCUT2D eigenvalue weighted by Gasteiger charge is 2.55. The van der Waals surface area contributed by atoms with Gasteiger partial charge in [0.1, 0.15) is 17.1 Å². The van der Waals surface area contributed by atoms with E-state index in [1.54, 1.807) is 12.1 Å². The fraction of sp³-hybridized carbons (Fsp3) is 0.500. The molecule has 1 heterocycles. The number of hydrogen-bond donors (Lipinski definition) is 0. The maximum absolute atomic E-state index is 12.5. The molecule has 2 aromatic rings. The van der Waals surface area contributed by atoms with Crippen LogP contribution >= 0.6 is 0 Å². The van der Waals surface area contributed by atoms with Gasteiger partial charge < -0.3 is 9.15 Å². The van der Waals surface area contributed by atoms with Crippen LogP contribution in [-0.4, -0.2) is 12.4 Å². The average Bonchev–Trinajstić information content (AvgIpc) is 2.64. The van der Waals surface area contributed by atoms with Crippen LogP contribution in [0, 0.1) is 22.7 Å². The Morgan fingerprint density at radius 2 is 1.89 bits per heavy atom. The lowest BCUT2D eigenvalue weighted by molar-refractivity contribution is -0.143. The van der Waals surface area contributed by atoms with Crippen LogP contribution in [0.5, 0.6) is 5.75 Å². The number of benzene rings is 1. The molecule has 1 aromatic carbocycles. The summed E-state index contributed by atoms with van der Waals surface area (Å²) in [6.45, 7) is 9.28. The van der Waals surface area contributed by atoms with Gasteiger partial charge in [0.2, 0.25) is 0 Å². The van der Waals surface area contributed by atoms with Crippen molar-refractivity contribution in [1.29, 1.82) is 0 Å². The van der Waals surface area contributed by atoms with Crippen molar-refractivity contribution in [2.45, 2.75) is 47.0 Å². The first-order valence-corrected chi connectivity index (χ1v) is 10.1. The van der Waals surface area contributed by atoms with Gasteiger partial charge in [0.05, 0.1) is 6.61 Å². The molecule has 1 saturated carbocycles. The van der Waals surface area contributed by atoms with Crippen LogP contribution in [-0.2, 0) is 4.79 Å². The molecule has 0 saturated heterocycles. The molecule has 0 spiro atoms. The van der Waals surface area contributed by atoms with Gasteiger partial charge in [-0.1, -0.05) is 32.4 Å². The highest BCUT2D eigenvalue weighted by Crippen LogP contribution is 2.58. The standard InChI is InChI=1S/C24H28O4/c1-15-5-9-20-23(2,3)21(25)11-12-24(20,4)18(15)14-27-17-8-6-16-7-10-22(26)28-19(16)13-17/h5-8,10,13,18,20H,9,11-12,14H2,1-4H3/t18-,20+,24+/m1/s1. The number of carbonyl (C=O) groups excluding carboxylic acids is 1. The van der Waals surface area contributed by atoms with Gasteiger partial charge in [-0.2, -0.15) is 0 Å². The summed E-state index contributed by atoms with van der Waals surface area (Å²) >= 11 is 0. The minimum Gasteiger partial charge on any atom is -0.493 e. The number of carbonyl (C=O) groups is 1. The highest BCUT2D eigenvalue weighted by molar-refractivity contribution is 5.85. The second-order valence-electron chi connectivity index (χ2n) is 9.20. The summed E-state index contributed by atoms with van der Waals surface area (Å²) in [5, 5.41) is 0.875. The van der Waals surface area contributed by atoms with Crippen LogP contribution in [0.2, 0.25) is 0 Å². The van der Waals surface area contributed by atoms with Crippen LogP contribution < -0.4 is 10.4 Å². The molecule has 0 radical (unpaired) electrons. The van der Waals surface area contributed by atoms with Crippen LogP contribution in [0.4, 0.5) is 0 Å². The fourth-order valence-electron chi connectivity index (χ4n) is 5.48. The zero-order chi connectivity index (χ0) is 20.1. The van der Waals surface area contributed by atoms with E-state index in [-0.39, 0.29) is 22.4 Å². The molecular formula is C24H28O4. The van der Waals surface area contributed by atoms with Gasteiger partial charge in [-0.3, -0.25) is 4.79 Å². The van der Waals surface area contributed by atoms with E-state index in [0.29, 0.717) is 36.1 Å². The largest absolute Gasteiger partial charge is 0.493 e. The molecule has 0 bridgehead atoms. The summed E-state index contributed by atoms with van der Waals surface area (Å²) in [5.41, 5.74) is 1.26. The first kappa shape index (κ1) is 19.0. The summed E-state index contributed by atoms with van der Waals surface area (Å²) in [5.74, 6) is 1.67. The Kier molecular flexibility index (Phi) is 4.48. The van der Waals surface area contributed by atoms with Gasteiger partial charge in [-0.25, -0.2) is 4.79 Å². The Bertz CT molecular complexity index is 1010. The lowest BCUT2D eigenvalue weighted by atomic mass is 9.48. The molecule has 1 fully saturated rings. The highest BCUT2D eigenvalue weighted by atomic mass is 16.5. The molecule has 4 nitrogen and oxygen atoms in total. The van der Waals surface area contributed by atoms with Gasteiger partial charge in [-0.05, 0) is 49.3 Å². The molecule has 3 atom stereocenters. The zero-order valence-corrected chi connectivity index (χ0v) is 17.1. The van der Waals surface area contributed by atoms with Crippen molar-refractivity contribution in [3.8, 4) is 5.75 Å². The van der Waals surface area contributed by atoms with Crippen molar-refractivity contribution in [3.05, 3.63) is 52.4 Å². The number of ketones is 1. The molecule has 0 amide bonds. The van der Waals surface area contributed by atoms with E-state index in [0.717, 1.165) is 18.2 Å². The van der Waals surface area contributed by atoms with E-state index < -0.39 is 0 Å². The summed E-state index contributed by atoms with van der Waals surface area (Å²) in [7, 11) is 0. The molecule has 2 aliphatic carbocycles. The smallest absolute Gasteiger partial charge is 0.336 e. The maximum atomic E-state index is 12.5. The van der Waals surface area contributed by atoms with Crippen molar-refractivity contribution in [2.75, 3.05) is 6.61 Å². The normalized spacial score (nSPS) is 29.3. The summed E-state index contributed by atoms with van der Waals surface area (Å²) in [6, 6.07) is 8.78. The molecule has 0 unspecified atom stereocenters. The third-order valence-corrected chi connectivity index (χ3v) is 7.31. The van der Waals surface area contributed by atoms with E-state index in [9.17, 15) is 9.59 Å². The second kappa shape index (κ2) is 6.61. The van der Waals surface area contributed by atoms with Gasteiger partial charge in [0.15, 0.2) is 0 Å². The average molecular weight is 380 g/mol. The van der Waals surface area contributed by atoms with Crippen LogP contribution in [0.1, 0.15) is 47.0 Å². The predicted molar refractivity (Wildman–Crippen MR) is 109 cm³/mol. The Morgan fingerprint density at radius 3 is 2.68 bits per heavy atom. The first-order valence-electron chi connectivity index (χ1n) is 10.1. The molecule has 2 aliphatic rings. The minimum absolute atomic E-state index is 0.0413. The number of ether oxygens (including phenoxy) is 1. The van der Waals surface area contributed by atoms with Crippen LogP contribution in [0.25, 0.3) is 11.0 Å². The van der Waals surface area contributed by atoms with Crippen molar-refractivity contribution in [3.63, 3.8) is 0 Å². The summed E-state index contributed by atoms with van der Waals surface area (Å²) < 4.78 is 11.5. The quantitative estimate of drug-likeness (QED) is 0.546. The first-order chi connectivity index (χ1) is 13.2. The Hall–Kier alpha value is -2.36. The third kappa shape index (κ3) is 2.99. The lowest BCUT2D eigenvalue weighted by Crippen LogP contribution is -2.53. The maximum Gasteiger partial charge on any atom is 0.336 e. The molecule has 0 aliphatic heterocycles. The monoisotopic (exact) mass is 380 g/mol. The summed E-state index contributed by atoms with van der Waals surface area (Å²) in [6.07, 6.45) is 4.80. The zero-order valence-electron chi connectivity index (χ0n) is 17.1. The van der Waals surface area contributed by atoms with E-state index in [4.69, 9.17) is 9.15 Å². The van der Waals surface area contributed by atoms with Gasteiger partial charge >= 0.3 is 5.63 Å². The number of Topliss-reactive ketones (excluding diaryl/α,β-unsaturated/α-hetero) is 1. The topological polar surface area (TPSA) is 56.5 Å². The van der Waals surface area contributed by atoms with Crippen LogP contribution in [0.3, 0.4) is 0 Å². The van der Waals surface area contributed by atoms with Crippen molar-refractivity contribution in [1.82, 2.24) is 0 Å². The SMILES string of the molecule is CC1=CC[C@H]2C(C)(C)C(=O)CC[C@@]2(C)[C@@H]1COc1ccc2ccc(=O)oc2c1. The number of rotatable bonds is 3. The van der Waals surface area contributed by atoms with E-state index in [1.165, 1.54) is 11.6 Å². The number of allylic oxidation sites excluding steroid dienone is 1. The molecule has 4 heteroatoms. The van der Waals surface area contributed by atoms with E-state index in [1.807, 2.05) is 12.1 Å². The Morgan fingerprint density at radius 1 is 1.14 bits per heavy atom. The lowest BCUT2D eigenvalue weighted by Gasteiger charge is -2.55. The molecule has 1 aromatic heterocycles. The predicted octanol–water partition coefficient (Wildman–Crippen LogP) is 5.15. The second-order valence-corrected chi connectivity index (χ2v) is 9.20. The number of fused-ring (bicyclic) bond motifs is 2. The molecule has 4 rings (SSSR count). The van der Waals surface area contributed by atoms with Crippen molar-refractivity contribution in [2.24, 2.45) is 22.7 Å². The fourth-order valence-corrected chi connectivity index (χ4v) is 5.48. The Balaban J connectivity index is 1.60. The molecule has 28 heavy (non-hydrogen) atoms. The number of hydrogen-bond acceptors (Lipinski definition) is 4. The van der Waals surface area contributed by atoms with Gasteiger partial charge in [0, 0.05) is 35.3 Å². The van der Waals surface area contributed by atoms with Crippen molar-refractivity contribution >= 4 is 16.8 Å². The van der Waals surface area contributed by atoms with E-state index >= 15 is 0 Å².